The summed E-state index contributed by atoms with van der Waals surface area (Å²) in [6.07, 6.45) is 2.10. The van der Waals surface area contributed by atoms with Crippen molar-refractivity contribution in [3.63, 3.8) is 0 Å². The molecule has 3 heterocycles. The van der Waals surface area contributed by atoms with Gasteiger partial charge in [-0.25, -0.2) is 18.4 Å². The van der Waals surface area contributed by atoms with E-state index < -0.39 is 11.8 Å². The first-order valence-corrected chi connectivity index (χ1v) is 17.3. The number of rotatable bonds is 13. The van der Waals surface area contributed by atoms with E-state index in [1.54, 1.807) is 19.4 Å². The standard InChI is InChI=1S/C39H45F2N5O4/c1-26-35(22-32(47)20-29-24-45(18-19-49-2)25-34(29)27-10-6-4-7-11-27)46(31-12-8-5-9-13-31)44-36(26)28-21-33(38(50-3)42-23-28)37(48)43-30-14-16-39(40,41)17-15-30/h4-13,21,23,29-30,34H,14-20,22,24-25H2,1-3H3,(H,43,48)/t29-,34+/m1/s1. The van der Waals surface area contributed by atoms with Crippen LogP contribution < -0.4 is 10.1 Å². The number of nitrogens with zero attached hydrogens (tertiary/aromatic N) is 4. The normalized spacial score (nSPS) is 19.4. The number of alkyl halides is 2. The number of halogens is 2. The van der Waals surface area contributed by atoms with E-state index in [1.165, 1.54) is 12.7 Å². The average Bonchev–Trinajstić information content (AvgIpc) is 3.68. The molecule has 0 bridgehead atoms. The lowest BCUT2D eigenvalue weighted by Crippen LogP contribution is -2.40. The van der Waals surface area contributed by atoms with Crippen LogP contribution >= 0.6 is 0 Å². The van der Waals surface area contributed by atoms with E-state index in [-0.39, 0.29) is 67.2 Å². The number of nitrogens with one attached hydrogen (secondary N) is 1. The second-order valence-electron chi connectivity index (χ2n) is 13.5. The number of pyridine rings is 1. The van der Waals surface area contributed by atoms with Crippen LogP contribution in [0.15, 0.2) is 72.9 Å². The molecule has 2 aromatic carbocycles. The van der Waals surface area contributed by atoms with Crippen molar-refractivity contribution in [1.29, 1.82) is 0 Å². The van der Waals surface area contributed by atoms with Crippen LogP contribution in [0.4, 0.5) is 8.78 Å². The molecule has 2 aliphatic rings. The summed E-state index contributed by atoms with van der Waals surface area (Å²) in [5.41, 5.74) is 5.00. The predicted molar refractivity (Wildman–Crippen MR) is 187 cm³/mol. The molecule has 264 valence electrons. The molecule has 1 saturated heterocycles. The van der Waals surface area contributed by atoms with Gasteiger partial charge in [-0.1, -0.05) is 48.5 Å². The molecule has 1 N–H and O–H groups in total. The van der Waals surface area contributed by atoms with Crippen LogP contribution in [0.2, 0.25) is 0 Å². The number of carbonyl (C=O) groups is 2. The summed E-state index contributed by atoms with van der Waals surface area (Å²) in [5, 5.41) is 7.88. The molecular weight excluding hydrogens is 640 g/mol. The van der Waals surface area contributed by atoms with E-state index in [1.807, 2.05) is 48.0 Å². The van der Waals surface area contributed by atoms with Gasteiger partial charge in [0.1, 0.15) is 11.3 Å². The Kier molecular flexibility index (Phi) is 11.0. The first-order valence-electron chi connectivity index (χ1n) is 17.3. The maximum atomic E-state index is 14.0. The van der Waals surface area contributed by atoms with Crippen molar-refractivity contribution in [2.24, 2.45) is 5.92 Å². The van der Waals surface area contributed by atoms with Gasteiger partial charge in [-0.3, -0.25) is 9.59 Å². The minimum absolute atomic E-state index is 0.127. The average molecular weight is 686 g/mol. The van der Waals surface area contributed by atoms with E-state index in [9.17, 15) is 18.4 Å². The van der Waals surface area contributed by atoms with Crippen LogP contribution in [0.1, 0.15) is 65.2 Å². The number of carbonyl (C=O) groups excluding carboxylic acids is 2. The third-order valence-corrected chi connectivity index (χ3v) is 10.1. The van der Waals surface area contributed by atoms with Gasteiger partial charge >= 0.3 is 0 Å². The highest BCUT2D eigenvalue weighted by atomic mass is 19.3. The minimum atomic E-state index is -2.69. The van der Waals surface area contributed by atoms with Crippen molar-refractivity contribution in [2.45, 2.75) is 63.3 Å². The van der Waals surface area contributed by atoms with Gasteiger partial charge in [0.15, 0.2) is 0 Å². The summed E-state index contributed by atoms with van der Waals surface area (Å²) in [6.45, 7) is 5.10. The second kappa shape index (κ2) is 15.6. The van der Waals surface area contributed by atoms with Gasteiger partial charge in [-0.2, -0.15) is 5.10 Å². The molecule has 1 aliphatic carbocycles. The zero-order chi connectivity index (χ0) is 35.3. The molecule has 1 aliphatic heterocycles. The summed E-state index contributed by atoms with van der Waals surface area (Å²) in [4.78, 5) is 34.2. The van der Waals surface area contributed by atoms with E-state index in [0.717, 1.165) is 36.6 Å². The van der Waals surface area contributed by atoms with E-state index in [2.05, 4.69) is 39.5 Å². The molecule has 2 fully saturated rings. The van der Waals surface area contributed by atoms with E-state index in [0.29, 0.717) is 24.3 Å². The van der Waals surface area contributed by atoms with E-state index >= 15 is 0 Å². The molecule has 6 rings (SSSR count). The number of para-hydroxylation sites is 1. The highest BCUT2D eigenvalue weighted by molar-refractivity contribution is 5.97. The van der Waals surface area contributed by atoms with Gasteiger partial charge in [0, 0.05) is 76.1 Å². The molecule has 0 radical (unpaired) electrons. The Morgan fingerprint density at radius 3 is 2.38 bits per heavy atom. The molecule has 2 aromatic heterocycles. The van der Waals surface area contributed by atoms with Crippen LogP contribution in [-0.4, -0.2) is 83.8 Å². The molecule has 0 unspecified atom stereocenters. The van der Waals surface area contributed by atoms with Crippen LogP contribution in [0.3, 0.4) is 0 Å². The fourth-order valence-corrected chi connectivity index (χ4v) is 7.35. The predicted octanol–water partition coefficient (Wildman–Crippen LogP) is 6.42. The van der Waals surface area contributed by atoms with Crippen molar-refractivity contribution in [3.05, 3.63) is 95.3 Å². The maximum Gasteiger partial charge on any atom is 0.257 e. The van der Waals surface area contributed by atoms with Crippen molar-refractivity contribution in [3.8, 4) is 22.8 Å². The molecule has 11 heteroatoms. The van der Waals surface area contributed by atoms with Crippen LogP contribution in [0.25, 0.3) is 16.9 Å². The van der Waals surface area contributed by atoms with Gasteiger partial charge in [-0.15, -0.1) is 0 Å². The number of likely N-dealkylation sites (tertiary alicyclic amines) is 1. The fourth-order valence-electron chi connectivity index (χ4n) is 7.35. The van der Waals surface area contributed by atoms with Crippen molar-refractivity contribution in [2.75, 3.05) is 40.5 Å². The third kappa shape index (κ3) is 8.11. The summed E-state index contributed by atoms with van der Waals surface area (Å²) >= 11 is 0. The lowest BCUT2D eigenvalue weighted by atomic mass is 9.85. The fraction of sp³-hybridized carbons (Fsp3) is 0.436. The van der Waals surface area contributed by atoms with Crippen LogP contribution in [-0.2, 0) is 16.0 Å². The largest absolute Gasteiger partial charge is 0.480 e. The summed E-state index contributed by atoms with van der Waals surface area (Å²) in [6, 6.07) is 21.4. The topological polar surface area (TPSA) is 98.6 Å². The van der Waals surface area contributed by atoms with Crippen molar-refractivity contribution < 1.29 is 27.8 Å². The summed E-state index contributed by atoms with van der Waals surface area (Å²) < 4.78 is 40.1. The Labute approximate surface area is 292 Å². The molecule has 1 saturated carbocycles. The van der Waals surface area contributed by atoms with Crippen molar-refractivity contribution >= 4 is 11.7 Å². The number of hydrogen-bond donors (Lipinski definition) is 1. The Hall–Kier alpha value is -4.48. The number of ether oxygens (including phenoxy) is 2. The number of methoxy groups -OCH3 is 2. The highest BCUT2D eigenvalue weighted by Crippen LogP contribution is 2.37. The Morgan fingerprint density at radius 2 is 1.70 bits per heavy atom. The Bertz CT molecular complexity index is 1770. The molecule has 50 heavy (non-hydrogen) atoms. The number of aromatic nitrogens is 3. The molecule has 9 nitrogen and oxygen atoms in total. The summed E-state index contributed by atoms with van der Waals surface area (Å²) in [7, 11) is 3.14. The second-order valence-corrected chi connectivity index (χ2v) is 13.5. The third-order valence-electron chi connectivity index (χ3n) is 10.1. The van der Waals surface area contributed by atoms with E-state index in [4.69, 9.17) is 14.6 Å². The molecule has 4 aromatic rings. The first-order chi connectivity index (χ1) is 24.2. The monoisotopic (exact) mass is 685 g/mol. The minimum Gasteiger partial charge on any atom is -0.480 e. The van der Waals surface area contributed by atoms with Crippen LogP contribution in [0, 0.1) is 12.8 Å². The quantitative estimate of drug-likeness (QED) is 0.173. The SMILES string of the molecule is COCCN1C[C@@H](CC(=O)Cc2c(C)c(-c3cnc(OC)c(C(=O)NC4CCC(F)(F)CC4)c3)nn2-c2ccccc2)[C@H](c2ccccc2)C1. The molecule has 2 atom stereocenters. The van der Waals surface area contributed by atoms with Gasteiger partial charge in [0.25, 0.3) is 5.91 Å². The molecule has 0 spiro atoms. The zero-order valence-corrected chi connectivity index (χ0v) is 28.9. The maximum absolute atomic E-state index is 14.0. The number of amides is 1. The lowest BCUT2D eigenvalue weighted by Gasteiger charge is -2.28. The van der Waals surface area contributed by atoms with Crippen LogP contribution in [0.5, 0.6) is 5.88 Å². The Morgan fingerprint density at radius 1 is 1.00 bits per heavy atom. The summed E-state index contributed by atoms with van der Waals surface area (Å²) in [5.74, 6) is -2.47. The Balaban J connectivity index is 1.27. The number of benzene rings is 2. The number of Topliss-reactive ketones (excluding diaryl/α,β-unsaturated/α-hetero) is 1. The van der Waals surface area contributed by atoms with Gasteiger partial charge in [0.2, 0.25) is 11.8 Å². The molecule has 1 amide bonds. The highest BCUT2D eigenvalue weighted by Gasteiger charge is 2.37. The van der Waals surface area contributed by atoms with Gasteiger partial charge in [0.05, 0.1) is 30.8 Å². The zero-order valence-electron chi connectivity index (χ0n) is 28.9. The van der Waals surface area contributed by atoms with Crippen molar-refractivity contribution in [1.82, 2.24) is 25.0 Å². The molecular formula is C39H45F2N5O4. The van der Waals surface area contributed by atoms with Gasteiger partial charge < -0.3 is 19.7 Å². The first kappa shape index (κ1) is 35.3. The van der Waals surface area contributed by atoms with Gasteiger partial charge in [-0.05, 0) is 55.0 Å². The number of hydrogen-bond acceptors (Lipinski definition) is 7. The number of ketones is 1. The smallest absolute Gasteiger partial charge is 0.257 e. The lowest BCUT2D eigenvalue weighted by molar-refractivity contribution is -0.119.